The van der Waals surface area contributed by atoms with Crippen molar-refractivity contribution in [2.24, 2.45) is 5.73 Å². The molecule has 0 aliphatic carbocycles. The zero-order valence-corrected chi connectivity index (χ0v) is 13.5. The average molecular weight is 358 g/mol. The number of rotatable bonds is 5. The van der Waals surface area contributed by atoms with Gasteiger partial charge in [-0.2, -0.15) is 18.3 Å². The zero-order valence-electron chi connectivity index (χ0n) is 15.5. The Morgan fingerprint density at radius 3 is 2.72 bits per heavy atom. The number of nitrogens with zero attached hydrogens (tertiary/aromatic N) is 5. The second kappa shape index (κ2) is 6.96. The molecule has 0 bridgehead atoms. The molecule has 2 aromatic heterocycles. The molecule has 0 radical (unpaired) electrons. The van der Waals surface area contributed by atoms with Gasteiger partial charge in [-0.05, 0) is 13.0 Å². The summed E-state index contributed by atoms with van der Waals surface area (Å²) in [5, 5.41) is 4.36. The van der Waals surface area contributed by atoms with Crippen molar-refractivity contribution in [2.75, 3.05) is 18.0 Å². The van der Waals surface area contributed by atoms with E-state index in [2.05, 4.69) is 15.1 Å². The van der Waals surface area contributed by atoms with E-state index in [1.165, 1.54) is 6.92 Å². The van der Waals surface area contributed by atoms with E-state index < -0.39 is 24.3 Å². The quantitative estimate of drug-likeness (QED) is 0.874. The lowest BCUT2D eigenvalue weighted by molar-refractivity contribution is -0.138. The Bertz CT molecular complexity index is 794. The monoisotopic (exact) mass is 358 g/mol. The Morgan fingerprint density at radius 2 is 2.08 bits per heavy atom. The molecule has 7 nitrogen and oxygen atoms in total. The van der Waals surface area contributed by atoms with E-state index in [0.29, 0.717) is 25.3 Å². The van der Waals surface area contributed by atoms with Crippen LogP contribution in [0.1, 0.15) is 26.6 Å². The summed E-state index contributed by atoms with van der Waals surface area (Å²) in [4.78, 5) is 9.38. The van der Waals surface area contributed by atoms with E-state index in [4.69, 9.17) is 13.2 Å². The number of anilines is 1. The van der Waals surface area contributed by atoms with Crippen LogP contribution in [0.25, 0.3) is 0 Å². The van der Waals surface area contributed by atoms with Crippen molar-refractivity contribution in [1.29, 1.82) is 0 Å². The third kappa shape index (κ3) is 4.26. The molecule has 1 aliphatic rings. The van der Waals surface area contributed by atoms with Crippen molar-refractivity contribution in [3.63, 3.8) is 0 Å². The maximum Gasteiger partial charge on any atom is 0.419 e. The minimum absolute atomic E-state index is 0.0364. The van der Waals surface area contributed by atoms with Crippen LogP contribution in [-0.2, 0) is 30.6 Å². The summed E-state index contributed by atoms with van der Waals surface area (Å²) >= 11 is 0. The van der Waals surface area contributed by atoms with Crippen LogP contribution in [0.2, 0.25) is 0 Å². The summed E-state index contributed by atoms with van der Waals surface area (Å²) in [7, 11) is 0. The number of aromatic nitrogens is 4. The number of fused-ring (bicyclic) bond motifs is 1. The topological polar surface area (TPSA) is 82.1 Å². The molecule has 0 saturated heterocycles. The molecule has 0 unspecified atom stereocenters. The molecule has 0 saturated carbocycles. The Balaban J connectivity index is 1.67. The summed E-state index contributed by atoms with van der Waals surface area (Å²) in [6.07, 6.45) is -2.94. The van der Waals surface area contributed by atoms with Crippen molar-refractivity contribution in [1.82, 2.24) is 19.7 Å². The maximum absolute atomic E-state index is 12.6. The molecule has 2 N–H and O–H groups in total. The number of hydrogen-bond acceptors (Lipinski definition) is 6. The SMILES string of the molecule is [2H]C([2H])(OCc1cc2n(n1)CCN(c1ncc(C(F)(F)F)cn1)C2)[C@H](C)N. The molecule has 0 fully saturated rings. The standard InChI is InChI=1S/C15H19F3N6O/c1-10(19)8-25-9-12-4-13-7-23(2-3-24(13)22-12)14-20-5-11(6-21-14)15(16,17)18/h4-6,10H,2-3,7-9,19H2,1H3/t10-/m0/s1/i8D2. The third-order valence-electron chi connectivity index (χ3n) is 3.59. The van der Waals surface area contributed by atoms with Gasteiger partial charge in [-0.15, -0.1) is 0 Å². The van der Waals surface area contributed by atoms with E-state index in [1.807, 2.05) is 0 Å². The summed E-state index contributed by atoms with van der Waals surface area (Å²) in [6, 6.07) is 0.968. The smallest absolute Gasteiger partial charge is 0.373 e. The predicted octanol–water partition coefficient (Wildman–Crippen LogP) is 1.58. The Hall–Kier alpha value is -2.20. The van der Waals surface area contributed by atoms with Gasteiger partial charge in [0.25, 0.3) is 0 Å². The number of hydrogen-bond donors (Lipinski definition) is 1. The first-order valence-corrected chi connectivity index (χ1v) is 7.65. The second-order valence-electron chi connectivity index (χ2n) is 5.74. The molecule has 0 amide bonds. The van der Waals surface area contributed by atoms with Gasteiger partial charge in [0.05, 0.1) is 45.9 Å². The summed E-state index contributed by atoms with van der Waals surface area (Å²) < 4.78 is 60.2. The highest BCUT2D eigenvalue weighted by Crippen LogP contribution is 2.28. The van der Waals surface area contributed by atoms with Crippen LogP contribution < -0.4 is 10.6 Å². The Labute approximate surface area is 145 Å². The lowest BCUT2D eigenvalue weighted by Crippen LogP contribution is -2.35. The van der Waals surface area contributed by atoms with E-state index >= 15 is 0 Å². The van der Waals surface area contributed by atoms with E-state index in [0.717, 1.165) is 18.1 Å². The minimum atomic E-state index is -4.47. The van der Waals surface area contributed by atoms with E-state index in [9.17, 15) is 13.2 Å². The Kier molecular flexibility index (Phi) is 4.20. The van der Waals surface area contributed by atoms with E-state index in [1.54, 1.807) is 15.6 Å². The summed E-state index contributed by atoms with van der Waals surface area (Å²) in [6.45, 7) is 0.870. The third-order valence-corrected chi connectivity index (χ3v) is 3.59. The molecule has 3 heterocycles. The molecule has 1 aliphatic heterocycles. The molecular formula is C15H19F3N6O. The number of ether oxygens (including phenoxy) is 1. The first-order valence-electron chi connectivity index (χ1n) is 8.65. The fourth-order valence-corrected chi connectivity index (χ4v) is 2.45. The first kappa shape index (κ1) is 15.1. The van der Waals surface area contributed by atoms with Gasteiger partial charge in [0.15, 0.2) is 0 Å². The maximum atomic E-state index is 12.6. The van der Waals surface area contributed by atoms with Crippen LogP contribution in [-0.4, -0.2) is 38.9 Å². The van der Waals surface area contributed by atoms with Gasteiger partial charge < -0.3 is 15.4 Å². The number of nitrogens with two attached hydrogens (primary N) is 1. The van der Waals surface area contributed by atoms with Crippen molar-refractivity contribution in [2.45, 2.75) is 38.8 Å². The largest absolute Gasteiger partial charge is 0.419 e. The molecular weight excluding hydrogens is 337 g/mol. The lowest BCUT2D eigenvalue weighted by Gasteiger charge is -2.27. The molecule has 0 spiro atoms. The normalized spacial score (nSPS) is 17.7. The highest BCUT2D eigenvalue weighted by molar-refractivity contribution is 5.33. The van der Waals surface area contributed by atoms with Crippen molar-refractivity contribution in [3.8, 4) is 0 Å². The highest BCUT2D eigenvalue weighted by Gasteiger charge is 2.31. The van der Waals surface area contributed by atoms with Gasteiger partial charge in [0.1, 0.15) is 0 Å². The van der Waals surface area contributed by atoms with Crippen LogP contribution in [0.3, 0.4) is 0 Å². The second-order valence-corrected chi connectivity index (χ2v) is 5.74. The fraction of sp³-hybridized carbons (Fsp3) is 0.533. The molecule has 2 aromatic rings. The summed E-state index contributed by atoms with van der Waals surface area (Å²) in [5.41, 5.74) is 6.00. The van der Waals surface area contributed by atoms with Gasteiger partial charge in [-0.25, -0.2) is 9.97 Å². The molecule has 136 valence electrons. The van der Waals surface area contributed by atoms with Gasteiger partial charge in [0.2, 0.25) is 5.95 Å². The fourth-order valence-electron chi connectivity index (χ4n) is 2.45. The van der Waals surface area contributed by atoms with Crippen molar-refractivity contribution < 1.29 is 20.6 Å². The van der Waals surface area contributed by atoms with Gasteiger partial charge in [-0.3, -0.25) is 4.68 Å². The average Bonchev–Trinajstić information content (AvgIpc) is 3.01. The lowest BCUT2D eigenvalue weighted by atomic mass is 10.3. The molecule has 1 atom stereocenters. The van der Waals surface area contributed by atoms with Crippen LogP contribution in [0.5, 0.6) is 0 Å². The van der Waals surface area contributed by atoms with Crippen LogP contribution in [0.4, 0.5) is 19.1 Å². The number of halogens is 3. The molecule has 3 rings (SSSR count). The first-order chi connectivity index (χ1) is 12.6. The highest BCUT2D eigenvalue weighted by atomic mass is 19.4. The van der Waals surface area contributed by atoms with Gasteiger partial charge >= 0.3 is 6.18 Å². The molecule has 0 aromatic carbocycles. The molecule has 25 heavy (non-hydrogen) atoms. The minimum Gasteiger partial charge on any atom is -0.373 e. The predicted molar refractivity (Wildman–Crippen MR) is 83.6 cm³/mol. The number of alkyl halides is 3. The van der Waals surface area contributed by atoms with Crippen molar-refractivity contribution >= 4 is 5.95 Å². The summed E-state index contributed by atoms with van der Waals surface area (Å²) in [5.74, 6) is 0.210. The zero-order chi connectivity index (χ0) is 19.8. The Morgan fingerprint density at radius 1 is 1.36 bits per heavy atom. The van der Waals surface area contributed by atoms with Crippen LogP contribution in [0.15, 0.2) is 18.5 Å². The molecule has 10 heteroatoms. The van der Waals surface area contributed by atoms with E-state index in [-0.39, 0.29) is 12.6 Å². The van der Waals surface area contributed by atoms with Gasteiger partial charge in [0, 0.05) is 25.0 Å². The van der Waals surface area contributed by atoms with Gasteiger partial charge in [-0.1, -0.05) is 0 Å². The van der Waals surface area contributed by atoms with Crippen molar-refractivity contribution in [3.05, 3.63) is 35.4 Å². The van der Waals surface area contributed by atoms with Crippen LogP contribution in [0, 0.1) is 0 Å². The van der Waals surface area contributed by atoms with Crippen LogP contribution >= 0.6 is 0 Å².